The van der Waals surface area contributed by atoms with E-state index in [1.54, 1.807) is 11.0 Å². The lowest BCUT2D eigenvalue weighted by Crippen LogP contribution is -2.54. The van der Waals surface area contributed by atoms with E-state index >= 15 is 0 Å². The molecule has 1 fully saturated rings. The Morgan fingerprint density at radius 2 is 1.79 bits per heavy atom. The number of phenols is 1. The van der Waals surface area contributed by atoms with E-state index in [9.17, 15) is 14.7 Å². The van der Waals surface area contributed by atoms with Crippen molar-refractivity contribution in [2.75, 3.05) is 13.1 Å². The normalized spacial score (nSPS) is 20.0. The van der Waals surface area contributed by atoms with Gasteiger partial charge in [-0.2, -0.15) is 0 Å². The van der Waals surface area contributed by atoms with Crippen LogP contribution in [0.15, 0.2) is 61.2 Å². The molecule has 150 valence electrons. The molecule has 1 saturated heterocycles. The molecule has 2 aliphatic rings. The van der Waals surface area contributed by atoms with Crippen LogP contribution in [-0.2, 0) is 27.8 Å². The zero-order valence-corrected chi connectivity index (χ0v) is 16.4. The minimum absolute atomic E-state index is 0.00620. The maximum atomic E-state index is 13.6. The second-order valence-corrected chi connectivity index (χ2v) is 7.97. The van der Waals surface area contributed by atoms with Crippen molar-refractivity contribution >= 4 is 11.8 Å². The van der Waals surface area contributed by atoms with Crippen LogP contribution in [0.25, 0.3) is 0 Å². The van der Waals surface area contributed by atoms with Crippen LogP contribution in [0.1, 0.15) is 29.5 Å². The number of amides is 2. The Bertz CT molecular complexity index is 930. The quantitative estimate of drug-likeness (QED) is 0.789. The molecule has 1 aliphatic carbocycles. The summed E-state index contributed by atoms with van der Waals surface area (Å²) in [5.74, 6) is 0.216. The average molecular weight is 390 g/mol. The van der Waals surface area contributed by atoms with Crippen molar-refractivity contribution in [1.29, 1.82) is 0 Å². The highest BCUT2D eigenvalue weighted by Gasteiger charge is 2.44. The third kappa shape index (κ3) is 3.53. The van der Waals surface area contributed by atoms with Crippen LogP contribution in [0.4, 0.5) is 0 Å². The van der Waals surface area contributed by atoms with Crippen LogP contribution in [-0.4, -0.2) is 41.0 Å². The predicted octanol–water partition coefficient (Wildman–Crippen LogP) is 2.72. The van der Waals surface area contributed by atoms with Gasteiger partial charge < -0.3 is 15.3 Å². The van der Waals surface area contributed by atoms with E-state index in [2.05, 4.69) is 11.9 Å². The second-order valence-electron chi connectivity index (χ2n) is 7.97. The van der Waals surface area contributed by atoms with Crippen molar-refractivity contribution in [1.82, 2.24) is 10.2 Å². The molecule has 0 radical (unpaired) electrons. The lowest BCUT2D eigenvalue weighted by Gasteiger charge is -2.41. The summed E-state index contributed by atoms with van der Waals surface area (Å²) in [4.78, 5) is 27.3. The average Bonchev–Trinajstić information content (AvgIpc) is 3.17. The number of carbonyl (C=O) groups excluding carboxylic acids is 2. The monoisotopic (exact) mass is 390 g/mol. The molecule has 5 heteroatoms. The SMILES string of the molecule is C=CC(=O)N1CCC(C(=O)NC2Cc3cccc(O)c3C2)(c2ccccc2)CC1. The van der Waals surface area contributed by atoms with Crippen LogP contribution < -0.4 is 5.32 Å². The van der Waals surface area contributed by atoms with E-state index in [0.717, 1.165) is 23.1 Å². The molecular weight excluding hydrogens is 364 g/mol. The molecule has 1 aliphatic heterocycles. The van der Waals surface area contributed by atoms with Crippen LogP contribution in [0.2, 0.25) is 0 Å². The number of piperidine rings is 1. The zero-order valence-electron chi connectivity index (χ0n) is 16.4. The summed E-state index contributed by atoms with van der Waals surface area (Å²) in [6.07, 6.45) is 3.85. The first kappa shape index (κ1) is 19.2. The van der Waals surface area contributed by atoms with Gasteiger partial charge in [0.2, 0.25) is 11.8 Å². The summed E-state index contributed by atoms with van der Waals surface area (Å²) in [5.41, 5.74) is 2.35. The molecule has 29 heavy (non-hydrogen) atoms. The van der Waals surface area contributed by atoms with Gasteiger partial charge in [0.25, 0.3) is 0 Å². The number of hydrogen-bond donors (Lipinski definition) is 2. The first-order chi connectivity index (χ1) is 14.0. The number of rotatable bonds is 4. The van der Waals surface area contributed by atoms with Gasteiger partial charge in [-0.05, 0) is 54.5 Å². The van der Waals surface area contributed by atoms with Crippen molar-refractivity contribution in [2.45, 2.75) is 37.1 Å². The van der Waals surface area contributed by atoms with Crippen molar-refractivity contribution in [3.63, 3.8) is 0 Å². The Labute approximate surface area is 171 Å². The fraction of sp³-hybridized carbons (Fsp3) is 0.333. The van der Waals surface area contributed by atoms with Gasteiger partial charge in [-0.3, -0.25) is 9.59 Å². The van der Waals surface area contributed by atoms with Crippen molar-refractivity contribution < 1.29 is 14.7 Å². The Balaban J connectivity index is 1.55. The summed E-state index contributed by atoms with van der Waals surface area (Å²) < 4.78 is 0. The van der Waals surface area contributed by atoms with Gasteiger partial charge in [0, 0.05) is 19.1 Å². The number of benzene rings is 2. The number of fused-ring (bicyclic) bond motifs is 1. The van der Waals surface area contributed by atoms with Gasteiger partial charge in [-0.15, -0.1) is 0 Å². The molecule has 1 unspecified atom stereocenters. The molecule has 1 heterocycles. The molecule has 0 saturated carbocycles. The van der Waals surface area contributed by atoms with E-state index in [4.69, 9.17) is 0 Å². The van der Waals surface area contributed by atoms with Gasteiger partial charge >= 0.3 is 0 Å². The first-order valence-corrected chi connectivity index (χ1v) is 10.1. The predicted molar refractivity (Wildman–Crippen MR) is 112 cm³/mol. The number of nitrogens with one attached hydrogen (secondary N) is 1. The number of likely N-dealkylation sites (tertiary alicyclic amines) is 1. The van der Waals surface area contributed by atoms with Crippen molar-refractivity contribution in [3.8, 4) is 5.75 Å². The van der Waals surface area contributed by atoms with Crippen LogP contribution >= 0.6 is 0 Å². The molecule has 1 atom stereocenters. The summed E-state index contributed by atoms with van der Waals surface area (Å²) in [6.45, 7) is 4.62. The number of aromatic hydroxyl groups is 1. The smallest absolute Gasteiger partial charge is 0.245 e. The summed E-state index contributed by atoms with van der Waals surface area (Å²) in [5, 5.41) is 13.4. The highest BCUT2D eigenvalue weighted by molar-refractivity contribution is 5.90. The third-order valence-corrected chi connectivity index (χ3v) is 6.36. The topological polar surface area (TPSA) is 69.6 Å². The maximum absolute atomic E-state index is 13.6. The van der Waals surface area contributed by atoms with E-state index in [0.29, 0.717) is 38.1 Å². The minimum atomic E-state index is -0.657. The molecule has 5 nitrogen and oxygen atoms in total. The van der Waals surface area contributed by atoms with Crippen LogP contribution in [0.3, 0.4) is 0 Å². The fourth-order valence-electron chi connectivity index (χ4n) is 4.70. The van der Waals surface area contributed by atoms with Crippen LogP contribution in [0.5, 0.6) is 5.75 Å². The van der Waals surface area contributed by atoms with Crippen LogP contribution in [0, 0.1) is 0 Å². The summed E-state index contributed by atoms with van der Waals surface area (Å²) in [7, 11) is 0. The number of hydrogen-bond acceptors (Lipinski definition) is 3. The number of phenolic OH excluding ortho intramolecular Hbond substituents is 1. The third-order valence-electron chi connectivity index (χ3n) is 6.36. The Hall–Kier alpha value is -3.08. The minimum Gasteiger partial charge on any atom is -0.508 e. The van der Waals surface area contributed by atoms with E-state index < -0.39 is 5.41 Å². The molecule has 2 N–H and O–H groups in total. The van der Waals surface area contributed by atoms with E-state index in [1.807, 2.05) is 42.5 Å². The molecule has 2 aromatic carbocycles. The van der Waals surface area contributed by atoms with Gasteiger partial charge in [0.05, 0.1) is 5.41 Å². The molecule has 4 rings (SSSR count). The first-order valence-electron chi connectivity index (χ1n) is 10.1. The highest BCUT2D eigenvalue weighted by Crippen LogP contribution is 2.37. The molecule has 2 aromatic rings. The van der Waals surface area contributed by atoms with Gasteiger partial charge in [-0.1, -0.05) is 49.0 Å². The van der Waals surface area contributed by atoms with E-state index in [1.165, 1.54) is 6.08 Å². The lowest BCUT2D eigenvalue weighted by molar-refractivity contribution is -0.134. The van der Waals surface area contributed by atoms with Gasteiger partial charge in [-0.25, -0.2) is 0 Å². The zero-order chi connectivity index (χ0) is 20.4. The molecular formula is C24H26N2O3. The van der Waals surface area contributed by atoms with Gasteiger partial charge in [0.1, 0.15) is 5.75 Å². The Morgan fingerprint density at radius 3 is 2.45 bits per heavy atom. The largest absolute Gasteiger partial charge is 0.508 e. The van der Waals surface area contributed by atoms with Crippen molar-refractivity contribution in [2.24, 2.45) is 0 Å². The lowest BCUT2D eigenvalue weighted by atomic mass is 9.71. The molecule has 0 bridgehead atoms. The summed E-state index contributed by atoms with van der Waals surface area (Å²) >= 11 is 0. The second kappa shape index (κ2) is 7.74. The summed E-state index contributed by atoms with van der Waals surface area (Å²) in [6, 6.07) is 15.4. The molecule has 0 spiro atoms. The molecule has 2 amide bonds. The van der Waals surface area contributed by atoms with Crippen molar-refractivity contribution in [3.05, 3.63) is 77.9 Å². The number of carbonyl (C=O) groups is 2. The standard InChI is InChI=1S/C24H26N2O3/c1-2-22(28)26-13-11-24(12-14-26,18-8-4-3-5-9-18)23(29)25-19-15-17-7-6-10-21(27)20(17)16-19/h2-10,19,27H,1,11-16H2,(H,25,29). The Kier molecular flexibility index (Phi) is 5.14. The number of nitrogens with zero attached hydrogens (tertiary/aromatic N) is 1. The fourth-order valence-corrected chi connectivity index (χ4v) is 4.70. The maximum Gasteiger partial charge on any atom is 0.245 e. The van der Waals surface area contributed by atoms with Gasteiger partial charge in [0.15, 0.2) is 0 Å². The highest BCUT2D eigenvalue weighted by atomic mass is 16.3. The Morgan fingerprint density at radius 1 is 1.07 bits per heavy atom. The molecule has 0 aromatic heterocycles. The van der Waals surface area contributed by atoms with E-state index in [-0.39, 0.29) is 17.9 Å².